The van der Waals surface area contributed by atoms with Gasteiger partial charge in [0.05, 0.1) is 5.69 Å². The van der Waals surface area contributed by atoms with Crippen LogP contribution in [0.1, 0.15) is 45.9 Å². The van der Waals surface area contributed by atoms with Gasteiger partial charge in [0.25, 0.3) is 11.9 Å². The van der Waals surface area contributed by atoms with Crippen molar-refractivity contribution in [3.63, 3.8) is 0 Å². The number of carbonyl (C=O) groups is 3. The van der Waals surface area contributed by atoms with Crippen molar-refractivity contribution in [1.82, 2.24) is 20.5 Å². The lowest BCUT2D eigenvalue weighted by molar-refractivity contribution is -0.136. The first-order valence-corrected chi connectivity index (χ1v) is 9.75. The van der Waals surface area contributed by atoms with Crippen molar-refractivity contribution in [3.05, 3.63) is 46.8 Å². The highest BCUT2D eigenvalue weighted by Crippen LogP contribution is 2.30. The lowest BCUT2D eigenvalue weighted by Crippen LogP contribution is -2.52. The van der Waals surface area contributed by atoms with E-state index in [1.807, 2.05) is 12.1 Å². The number of aromatic nitrogens is 1. The molecule has 3 aliphatic rings. The molecule has 29 heavy (non-hydrogen) atoms. The summed E-state index contributed by atoms with van der Waals surface area (Å²) in [6.07, 6.45) is 2.28. The molecule has 3 N–H and O–H groups in total. The van der Waals surface area contributed by atoms with Gasteiger partial charge in [-0.3, -0.25) is 19.7 Å². The average Bonchev–Trinajstić information content (AvgIpc) is 3.24. The highest BCUT2D eigenvalue weighted by Gasteiger charge is 2.39. The van der Waals surface area contributed by atoms with Crippen molar-refractivity contribution >= 4 is 23.7 Å². The van der Waals surface area contributed by atoms with E-state index in [9.17, 15) is 14.4 Å². The van der Waals surface area contributed by atoms with Crippen molar-refractivity contribution in [1.29, 1.82) is 0 Å². The second-order valence-electron chi connectivity index (χ2n) is 7.63. The van der Waals surface area contributed by atoms with Gasteiger partial charge in [0.1, 0.15) is 12.3 Å². The molecule has 2 aromatic rings. The number of nitrogens with one attached hydrogen (secondary N) is 3. The van der Waals surface area contributed by atoms with Gasteiger partial charge in [-0.1, -0.05) is 12.1 Å². The third-order valence-corrected chi connectivity index (χ3v) is 5.83. The molecule has 2 saturated heterocycles. The van der Waals surface area contributed by atoms with Crippen LogP contribution in [0.3, 0.4) is 0 Å². The molecule has 1 unspecified atom stereocenters. The van der Waals surface area contributed by atoms with E-state index in [4.69, 9.17) is 4.42 Å². The first-order chi connectivity index (χ1) is 14.1. The standard InChI is InChI=1S/C20H21N5O4/c26-17-5-4-16(18(27)24-17)25-9-14-11(2-1-3-13(14)19(25)28)8-22-20-23-15(10-29-20)12-6-21-7-12/h1-3,10,12,16,21H,4-9H2,(H,22,23)(H,24,26,27). The predicted molar refractivity (Wildman–Crippen MR) is 102 cm³/mol. The van der Waals surface area contributed by atoms with E-state index in [0.29, 0.717) is 37.0 Å². The van der Waals surface area contributed by atoms with Gasteiger partial charge >= 0.3 is 0 Å². The van der Waals surface area contributed by atoms with Gasteiger partial charge in [0, 0.05) is 44.1 Å². The second kappa shape index (κ2) is 7.00. The number of imide groups is 1. The SMILES string of the molecule is O=C1CCC(N2Cc3c(CNc4nc(C5CNC5)co4)cccc3C2=O)C(=O)N1. The number of hydrogen-bond acceptors (Lipinski definition) is 7. The lowest BCUT2D eigenvalue weighted by Gasteiger charge is -2.29. The summed E-state index contributed by atoms with van der Waals surface area (Å²) in [4.78, 5) is 42.5. The molecule has 9 nitrogen and oxygen atoms in total. The fourth-order valence-electron chi connectivity index (χ4n) is 4.04. The molecule has 0 spiro atoms. The molecule has 1 aromatic carbocycles. The number of carbonyl (C=O) groups excluding carboxylic acids is 3. The van der Waals surface area contributed by atoms with Crippen LogP contribution in [0.25, 0.3) is 0 Å². The van der Waals surface area contributed by atoms with Crippen LogP contribution in [0.15, 0.2) is 28.9 Å². The minimum Gasteiger partial charge on any atom is -0.432 e. The fraction of sp³-hybridized carbons (Fsp3) is 0.400. The maximum absolute atomic E-state index is 12.9. The van der Waals surface area contributed by atoms with Crippen molar-refractivity contribution in [2.24, 2.45) is 0 Å². The zero-order valence-electron chi connectivity index (χ0n) is 15.7. The summed E-state index contributed by atoms with van der Waals surface area (Å²) in [5.41, 5.74) is 3.38. The minimum absolute atomic E-state index is 0.174. The topological polar surface area (TPSA) is 117 Å². The van der Waals surface area contributed by atoms with Crippen molar-refractivity contribution in [2.45, 2.75) is 37.9 Å². The van der Waals surface area contributed by atoms with Crippen LogP contribution in [-0.4, -0.2) is 46.7 Å². The molecule has 3 amide bonds. The molecular weight excluding hydrogens is 374 g/mol. The smallest absolute Gasteiger partial charge is 0.295 e. The molecule has 5 rings (SSSR count). The average molecular weight is 395 g/mol. The van der Waals surface area contributed by atoms with Gasteiger partial charge in [-0.15, -0.1) is 0 Å². The fourth-order valence-corrected chi connectivity index (χ4v) is 4.04. The Morgan fingerprint density at radius 3 is 2.86 bits per heavy atom. The molecule has 150 valence electrons. The Bertz CT molecular complexity index is 997. The van der Waals surface area contributed by atoms with E-state index in [1.165, 1.54) is 0 Å². The van der Waals surface area contributed by atoms with E-state index in [-0.39, 0.29) is 18.2 Å². The van der Waals surface area contributed by atoms with Crippen LogP contribution in [0, 0.1) is 0 Å². The number of nitrogens with zero attached hydrogens (tertiary/aromatic N) is 2. The van der Waals surface area contributed by atoms with Gasteiger partial charge in [-0.25, -0.2) is 0 Å². The highest BCUT2D eigenvalue weighted by molar-refractivity contribution is 6.05. The number of piperidine rings is 1. The Labute approximate surface area is 166 Å². The Morgan fingerprint density at radius 1 is 1.24 bits per heavy atom. The summed E-state index contributed by atoms with van der Waals surface area (Å²) in [5, 5.41) is 8.72. The third kappa shape index (κ3) is 3.17. The first-order valence-electron chi connectivity index (χ1n) is 9.75. The number of anilines is 1. The van der Waals surface area contributed by atoms with Gasteiger partial charge in [-0.2, -0.15) is 4.98 Å². The Balaban J connectivity index is 1.31. The summed E-state index contributed by atoms with van der Waals surface area (Å²) < 4.78 is 5.51. The largest absolute Gasteiger partial charge is 0.432 e. The van der Waals surface area contributed by atoms with E-state index in [1.54, 1.807) is 17.2 Å². The van der Waals surface area contributed by atoms with Crippen molar-refractivity contribution in [3.8, 4) is 0 Å². The lowest BCUT2D eigenvalue weighted by atomic mass is 10.0. The molecular formula is C20H21N5O4. The molecule has 1 atom stereocenters. The molecule has 4 heterocycles. The summed E-state index contributed by atoms with van der Waals surface area (Å²) in [5.74, 6) is -0.467. The summed E-state index contributed by atoms with van der Waals surface area (Å²) in [6.45, 7) is 2.64. The maximum atomic E-state index is 12.9. The van der Waals surface area contributed by atoms with Crippen molar-refractivity contribution in [2.75, 3.05) is 18.4 Å². The molecule has 9 heteroatoms. The second-order valence-corrected chi connectivity index (χ2v) is 7.63. The van der Waals surface area contributed by atoms with Crippen LogP contribution in [-0.2, 0) is 22.7 Å². The molecule has 2 fully saturated rings. The number of hydrogen-bond donors (Lipinski definition) is 3. The van der Waals surface area contributed by atoms with Gasteiger partial charge in [0.2, 0.25) is 11.8 Å². The molecule has 3 aliphatic heterocycles. The van der Waals surface area contributed by atoms with Crippen LogP contribution >= 0.6 is 0 Å². The van der Waals surface area contributed by atoms with Gasteiger partial charge in [0.15, 0.2) is 0 Å². The molecule has 1 aromatic heterocycles. The zero-order chi connectivity index (χ0) is 20.0. The Hall–Kier alpha value is -3.20. The van der Waals surface area contributed by atoms with Crippen LogP contribution in [0.4, 0.5) is 6.01 Å². The summed E-state index contributed by atoms with van der Waals surface area (Å²) in [7, 11) is 0. The zero-order valence-corrected chi connectivity index (χ0v) is 15.7. The maximum Gasteiger partial charge on any atom is 0.295 e. The van der Waals surface area contributed by atoms with Crippen molar-refractivity contribution < 1.29 is 18.8 Å². The van der Waals surface area contributed by atoms with E-state index < -0.39 is 11.9 Å². The minimum atomic E-state index is -0.612. The monoisotopic (exact) mass is 395 g/mol. The third-order valence-electron chi connectivity index (χ3n) is 5.83. The van der Waals surface area contributed by atoms with E-state index >= 15 is 0 Å². The Morgan fingerprint density at radius 2 is 2.10 bits per heavy atom. The molecule has 0 bridgehead atoms. The van der Waals surface area contributed by atoms with Gasteiger partial charge < -0.3 is 20.0 Å². The quantitative estimate of drug-likeness (QED) is 0.639. The summed E-state index contributed by atoms with van der Waals surface area (Å²) >= 11 is 0. The Kier molecular flexibility index (Phi) is 4.31. The van der Waals surface area contributed by atoms with Crippen LogP contribution < -0.4 is 16.0 Å². The normalized spacial score (nSPS) is 21.7. The highest BCUT2D eigenvalue weighted by atomic mass is 16.4. The molecule has 0 saturated carbocycles. The number of rotatable bonds is 5. The number of fused-ring (bicyclic) bond motifs is 1. The molecule has 0 radical (unpaired) electrons. The van der Waals surface area contributed by atoms with Crippen LogP contribution in [0.2, 0.25) is 0 Å². The molecule has 0 aliphatic carbocycles. The van der Waals surface area contributed by atoms with Gasteiger partial charge in [-0.05, 0) is 23.6 Å². The number of amides is 3. The van der Waals surface area contributed by atoms with E-state index in [2.05, 4.69) is 20.9 Å². The van der Waals surface area contributed by atoms with E-state index in [0.717, 1.165) is 29.9 Å². The van der Waals surface area contributed by atoms with Crippen LogP contribution in [0.5, 0.6) is 0 Å². The predicted octanol–water partition coefficient (Wildman–Crippen LogP) is 0.734. The summed E-state index contributed by atoms with van der Waals surface area (Å²) in [6, 6.07) is 5.41. The number of benzene rings is 1. The number of oxazole rings is 1. The first kappa shape index (κ1) is 17.9.